The number of rotatable bonds is 8. The number of ether oxygens (including phenoxy) is 3. The lowest BCUT2D eigenvalue weighted by Crippen LogP contribution is -2.19. The van der Waals surface area contributed by atoms with Crippen molar-refractivity contribution >= 4 is 29.4 Å². The molecule has 3 aromatic rings. The van der Waals surface area contributed by atoms with E-state index in [1.165, 1.54) is 24.7 Å². The fourth-order valence-corrected chi connectivity index (χ4v) is 3.20. The van der Waals surface area contributed by atoms with E-state index in [4.69, 9.17) is 14.2 Å². The average Bonchev–Trinajstić information content (AvgIpc) is 3.29. The highest BCUT2D eigenvalue weighted by Gasteiger charge is 2.10. The molecule has 7 nitrogen and oxygen atoms in total. The molecule has 3 rings (SSSR count). The number of thiophene rings is 1. The third-order valence-corrected chi connectivity index (χ3v) is 4.86. The molecule has 30 heavy (non-hydrogen) atoms. The Bertz CT molecular complexity index is 1050. The van der Waals surface area contributed by atoms with E-state index in [9.17, 15) is 9.59 Å². The van der Waals surface area contributed by atoms with Gasteiger partial charge < -0.3 is 14.2 Å². The van der Waals surface area contributed by atoms with Gasteiger partial charge in [0.15, 0.2) is 11.5 Å². The Balaban J connectivity index is 1.56. The Labute approximate surface area is 177 Å². The quantitative estimate of drug-likeness (QED) is 0.258. The Morgan fingerprint density at radius 1 is 1.03 bits per heavy atom. The van der Waals surface area contributed by atoms with Gasteiger partial charge in [-0.25, -0.2) is 10.2 Å². The molecule has 0 spiro atoms. The van der Waals surface area contributed by atoms with Gasteiger partial charge in [0.2, 0.25) is 5.91 Å². The van der Waals surface area contributed by atoms with Crippen LogP contribution < -0.4 is 19.6 Å². The predicted molar refractivity (Wildman–Crippen MR) is 115 cm³/mol. The molecule has 0 atom stereocenters. The fourth-order valence-electron chi connectivity index (χ4n) is 2.60. The summed E-state index contributed by atoms with van der Waals surface area (Å²) in [6, 6.07) is 15.6. The zero-order valence-corrected chi connectivity index (χ0v) is 17.3. The molecule has 0 radical (unpaired) electrons. The number of nitrogens with zero attached hydrogens (tertiary/aromatic N) is 1. The lowest BCUT2D eigenvalue weighted by Gasteiger charge is -2.09. The molecule has 0 unspecified atom stereocenters. The second-order valence-electron chi connectivity index (χ2n) is 6.10. The van der Waals surface area contributed by atoms with Crippen molar-refractivity contribution in [1.82, 2.24) is 5.43 Å². The number of amides is 1. The number of hydrazone groups is 1. The standard InChI is InChI=1S/C22H20N2O5S/c1-27-18-9-8-15(12-19(18)28-2)13-21(25)24-23-14-16-5-3-6-17(11-16)29-22(26)20-7-4-10-30-20/h3-12,14H,13H2,1-2H3,(H,24,25). The maximum atomic E-state index is 12.1. The average molecular weight is 424 g/mol. The predicted octanol–water partition coefficient (Wildman–Crippen LogP) is 3.68. The third-order valence-electron chi connectivity index (χ3n) is 4.01. The molecule has 1 N–H and O–H groups in total. The van der Waals surface area contributed by atoms with E-state index in [-0.39, 0.29) is 12.3 Å². The summed E-state index contributed by atoms with van der Waals surface area (Å²) in [5, 5.41) is 5.78. The van der Waals surface area contributed by atoms with Crippen molar-refractivity contribution in [3.63, 3.8) is 0 Å². The Morgan fingerprint density at radius 3 is 2.60 bits per heavy atom. The Morgan fingerprint density at radius 2 is 1.87 bits per heavy atom. The number of methoxy groups -OCH3 is 2. The van der Waals surface area contributed by atoms with E-state index in [0.29, 0.717) is 27.7 Å². The Hall–Kier alpha value is -3.65. The second kappa shape index (κ2) is 10.2. The van der Waals surface area contributed by atoms with Crippen LogP contribution in [0.25, 0.3) is 0 Å². The van der Waals surface area contributed by atoms with E-state index >= 15 is 0 Å². The normalized spacial score (nSPS) is 10.6. The van der Waals surface area contributed by atoms with Gasteiger partial charge in [0.25, 0.3) is 0 Å². The second-order valence-corrected chi connectivity index (χ2v) is 7.05. The molecule has 2 aromatic carbocycles. The molecule has 0 aliphatic carbocycles. The van der Waals surface area contributed by atoms with Crippen LogP contribution in [0.5, 0.6) is 17.2 Å². The molecule has 8 heteroatoms. The van der Waals surface area contributed by atoms with Crippen LogP contribution in [0.2, 0.25) is 0 Å². The third kappa shape index (κ3) is 5.68. The molecular weight excluding hydrogens is 404 g/mol. The van der Waals surface area contributed by atoms with Gasteiger partial charge in [-0.1, -0.05) is 24.3 Å². The molecule has 1 aromatic heterocycles. The molecule has 0 aliphatic heterocycles. The minimum atomic E-state index is -0.415. The van der Waals surface area contributed by atoms with Gasteiger partial charge in [0.05, 0.1) is 26.9 Å². The number of carbonyl (C=O) groups is 2. The summed E-state index contributed by atoms with van der Waals surface area (Å²) in [5.41, 5.74) is 3.93. The lowest BCUT2D eigenvalue weighted by atomic mass is 10.1. The monoisotopic (exact) mass is 424 g/mol. The van der Waals surface area contributed by atoms with Crippen molar-refractivity contribution in [1.29, 1.82) is 0 Å². The fraction of sp³-hybridized carbons (Fsp3) is 0.136. The first kappa shape index (κ1) is 21.1. The molecule has 0 saturated heterocycles. The van der Waals surface area contributed by atoms with E-state index in [0.717, 1.165) is 5.56 Å². The number of esters is 1. The van der Waals surface area contributed by atoms with Crippen LogP contribution >= 0.6 is 11.3 Å². The van der Waals surface area contributed by atoms with Gasteiger partial charge in [-0.15, -0.1) is 11.3 Å². The summed E-state index contributed by atoms with van der Waals surface area (Å²) in [5.74, 6) is 0.856. The number of carbonyl (C=O) groups excluding carboxylic acids is 2. The first-order valence-electron chi connectivity index (χ1n) is 8.97. The topological polar surface area (TPSA) is 86.2 Å². The Kier molecular flexibility index (Phi) is 7.18. The number of hydrogen-bond donors (Lipinski definition) is 1. The summed E-state index contributed by atoms with van der Waals surface area (Å²) in [4.78, 5) is 24.7. The first-order valence-corrected chi connectivity index (χ1v) is 9.85. The maximum absolute atomic E-state index is 12.1. The van der Waals surface area contributed by atoms with Crippen LogP contribution in [0.1, 0.15) is 20.8 Å². The summed E-state index contributed by atoms with van der Waals surface area (Å²) in [7, 11) is 3.09. The first-order chi connectivity index (χ1) is 14.6. The minimum Gasteiger partial charge on any atom is -0.493 e. The summed E-state index contributed by atoms with van der Waals surface area (Å²) >= 11 is 1.31. The maximum Gasteiger partial charge on any atom is 0.353 e. The van der Waals surface area contributed by atoms with Crippen LogP contribution in [0.15, 0.2) is 65.1 Å². The highest BCUT2D eigenvalue weighted by molar-refractivity contribution is 7.12. The van der Waals surface area contributed by atoms with Crippen molar-refractivity contribution < 1.29 is 23.8 Å². The summed E-state index contributed by atoms with van der Waals surface area (Å²) in [6.45, 7) is 0. The van der Waals surface area contributed by atoms with Gasteiger partial charge in [-0.3, -0.25) is 4.79 Å². The van der Waals surface area contributed by atoms with Crippen molar-refractivity contribution in [2.45, 2.75) is 6.42 Å². The molecule has 0 saturated carbocycles. The molecule has 1 heterocycles. The number of hydrogen-bond acceptors (Lipinski definition) is 7. The highest BCUT2D eigenvalue weighted by atomic mass is 32.1. The zero-order valence-electron chi connectivity index (χ0n) is 16.5. The number of benzene rings is 2. The SMILES string of the molecule is COc1ccc(CC(=O)NN=Cc2cccc(OC(=O)c3cccs3)c2)cc1OC. The van der Waals surface area contributed by atoms with Crippen LogP contribution in [-0.2, 0) is 11.2 Å². The van der Waals surface area contributed by atoms with Crippen LogP contribution in [0.3, 0.4) is 0 Å². The largest absolute Gasteiger partial charge is 0.493 e. The van der Waals surface area contributed by atoms with E-state index in [1.54, 1.807) is 61.7 Å². The van der Waals surface area contributed by atoms with Crippen molar-refractivity contribution in [2.75, 3.05) is 14.2 Å². The molecule has 154 valence electrons. The smallest absolute Gasteiger partial charge is 0.353 e. The molecule has 1 amide bonds. The van der Waals surface area contributed by atoms with Gasteiger partial charge in [0.1, 0.15) is 10.6 Å². The van der Waals surface area contributed by atoms with Crippen molar-refractivity contribution in [3.05, 3.63) is 76.0 Å². The minimum absolute atomic E-state index is 0.135. The molecular formula is C22H20N2O5S. The van der Waals surface area contributed by atoms with E-state index in [1.807, 2.05) is 5.38 Å². The van der Waals surface area contributed by atoms with Gasteiger partial charge in [0, 0.05) is 0 Å². The summed E-state index contributed by atoms with van der Waals surface area (Å²) in [6.07, 6.45) is 1.62. The number of nitrogens with one attached hydrogen (secondary N) is 1. The van der Waals surface area contributed by atoms with E-state index < -0.39 is 5.97 Å². The van der Waals surface area contributed by atoms with Gasteiger partial charge in [-0.05, 0) is 46.8 Å². The lowest BCUT2D eigenvalue weighted by molar-refractivity contribution is -0.120. The van der Waals surface area contributed by atoms with Crippen molar-refractivity contribution in [3.8, 4) is 17.2 Å². The van der Waals surface area contributed by atoms with Crippen LogP contribution in [-0.4, -0.2) is 32.3 Å². The summed E-state index contributed by atoms with van der Waals surface area (Å²) < 4.78 is 15.8. The molecule has 0 bridgehead atoms. The van der Waals surface area contributed by atoms with Crippen molar-refractivity contribution in [2.24, 2.45) is 5.10 Å². The zero-order chi connectivity index (χ0) is 21.3. The van der Waals surface area contributed by atoms with Gasteiger partial charge >= 0.3 is 5.97 Å². The van der Waals surface area contributed by atoms with Crippen LogP contribution in [0, 0.1) is 0 Å². The van der Waals surface area contributed by atoms with Gasteiger partial charge in [-0.2, -0.15) is 5.10 Å². The molecule has 0 fully saturated rings. The van der Waals surface area contributed by atoms with Crippen LogP contribution in [0.4, 0.5) is 0 Å². The molecule has 0 aliphatic rings. The van der Waals surface area contributed by atoms with E-state index in [2.05, 4.69) is 10.5 Å². The highest BCUT2D eigenvalue weighted by Crippen LogP contribution is 2.27.